The third kappa shape index (κ3) is 5.29. The first-order valence-corrected chi connectivity index (χ1v) is 5.92. The van der Waals surface area contributed by atoms with Gasteiger partial charge < -0.3 is 20.5 Å². The number of carbonyl (C=O) groups is 2. The van der Waals surface area contributed by atoms with E-state index in [1.807, 2.05) is 0 Å². The summed E-state index contributed by atoms with van der Waals surface area (Å²) in [7, 11) is 1.48. The van der Waals surface area contributed by atoms with Gasteiger partial charge in [0.1, 0.15) is 5.75 Å². The second kappa shape index (κ2) is 7.25. The van der Waals surface area contributed by atoms with E-state index in [4.69, 9.17) is 15.2 Å². The molecule has 0 aliphatic heterocycles. The number of ether oxygens (including phenoxy) is 2. The number of benzene rings is 1. The van der Waals surface area contributed by atoms with Crippen molar-refractivity contribution in [3.05, 3.63) is 24.3 Å². The van der Waals surface area contributed by atoms with Crippen LogP contribution in [0.4, 0.5) is 5.69 Å². The van der Waals surface area contributed by atoms with Crippen molar-refractivity contribution in [2.24, 2.45) is 0 Å². The molecule has 0 bridgehead atoms. The average Bonchev–Trinajstić information content (AvgIpc) is 2.40. The predicted molar refractivity (Wildman–Crippen MR) is 70.6 cm³/mol. The molecule has 0 fully saturated rings. The fourth-order valence-electron chi connectivity index (χ4n) is 1.33. The standard InChI is InChI=1S/C13H18N2O4/c1-9(13(17)15-2)19-12(16)7-8-18-11-5-3-10(14)4-6-11/h3-6,9H,7-8,14H2,1-2H3,(H,15,17). The Hall–Kier alpha value is -2.24. The molecular formula is C13H18N2O4. The molecule has 3 N–H and O–H groups in total. The van der Waals surface area contributed by atoms with E-state index in [0.717, 1.165) is 0 Å². The van der Waals surface area contributed by atoms with Gasteiger partial charge in [-0.3, -0.25) is 9.59 Å². The topological polar surface area (TPSA) is 90.6 Å². The van der Waals surface area contributed by atoms with Crippen LogP contribution < -0.4 is 15.8 Å². The minimum atomic E-state index is -0.797. The van der Waals surface area contributed by atoms with E-state index in [-0.39, 0.29) is 18.9 Å². The van der Waals surface area contributed by atoms with Crippen LogP contribution in [-0.4, -0.2) is 31.6 Å². The highest BCUT2D eigenvalue weighted by Gasteiger charge is 2.15. The molecule has 0 aromatic heterocycles. The number of amides is 1. The number of carbonyl (C=O) groups excluding carboxylic acids is 2. The smallest absolute Gasteiger partial charge is 0.310 e. The van der Waals surface area contributed by atoms with Crippen molar-refractivity contribution in [1.29, 1.82) is 0 Å². The molecule has 19 heavy (non-hydrogen) atoms. The maximum atomic E-state index is 11.4. The van der Waals surface area contributed by atoms with Crippen LogP contribution in [0.2, 0.25) is 0 Å². The number of nitrogens with one attached hydrogen (secondary N) is 1. The summed E-state index contributed by atoms with van der Waals surface area (Å²) in [5.74, 6) is -0.194. The van der Waals surface area contributed by atoms with Crippen molar-refractivity contribution >= 4 is 17.6 Å². The molecule has 0 aliphatic carbocycles. The Kier molecular flexibility index (Phi) is 5.66. The van der Waals surface area contributed by atoms with Crippen LogP contribution in [-0.2, 0) is 14.3 Å². The van der Waals surface area contributed by atoms with Crippen molar-refractivity contribution in [3.63, 3.8) is 0 Å². The molecule has 6 heteroatoms. The van der Waals surface area contributed by atoms with Crippen LogP contribution in [0.25, 0.3) is 0 Å². The zero-order valence-corrected chi connectivity index (χ0v) is 11.0. The van der Waals surface area contributed by atoms with Crippen LogP contribution >= 0.6 is 0 Å². The third-order valence-corrected chi connectivity index (χ3v) is 2.38. The van der Waals surface area contributed by atoms with E-state index in [1.54, 1.807) is 24.3 Å². The normalized spacial score (nSPS) is 11.5. The Bertz CT molecular complexity index is 431. The molecule has 0 saturated heterocycles. The molecule has 104 valence electrons. The molecule has 1 aromatic rings. The molecule has 1 unspecified atom stereocenters. The lowest BCUT2D eigenvalue weighted by Gasteiger charge is -2.11. The monoisotopic (exact) mass is 266 g/mol. The number of nitrogens with two attached hydrogens (primary N) is 1. The summed E-state index contributed by atoms with van der Waals surface area (Å²) < 4.78 is 10.3. The predicted octanol–water partition coefficient (Wildman–Crippen LogP) is 0.715. The second-order valence-corrected chi connectivity index (χ2v) is 3.91. The number of rotatable bonds is 6. The second-order valence-electron chi connectivity index (χ2n) is 3.91. The van der Waals surface area contributed by atoms with Gasteiger partial charge in [-0.05, 0) is 31.2 Å². The maximum Gasteiger partial charge on any atom is 0.310 e. The fraction of sp³-hybridized carbons (Fsp3) is 0.385. The number of hydrogen-bond acceptors (Lipinski definition) is 5. The highest BCUT2D eigenvalue weighted by atomic mass is 16.5. The lowest BCUT2D eigenvalue weighted by molar-refractivity contribution is -0.155. The molecule has 0 saturated carbocycles. The van der Waals surface area contributed by atoms with Crippen molar-refractivity contribution < 1.29 is 19.1 Å². The zero-order chi connectivity index (χ0) is 14.3. The van der Waals surface area contributed by atoms with Crippen molar-refractivity contribution in [3.8, 4) is 5.75 Å². The van der Waals surface area contributed by atoms with Crippen molar-refractivity contribution in [2.75, 3.05) is 19.4 Å². The van der Waals surface area contributed by atoms with Crippen LogP contribution in [0.1, 0.15) is 13.3 Å². The van der Waals surface area contributed by atoms with E-state index in [2.05, 4.69) is 5.32 Å². The number of likely N-dealkylation sites (N-methyl/N-ethyl adjacent to an activating group) is 1. The summed E-state index contributed by atoms with van der Waals surface area (Å²) in [6.07, 6.45) is -0.722. The van der Waals surface area contributed by atoms with E-state index in [9.17, 15) is 9.59 Å². The Labute approximate surface area is 111 Å². The Morgan fingerprint density at radius 3 is 2.53 bits per heavy atom. The number of hydrogen-bond donors (Lipinski definition) is 2. The van der Waals surface area contributed by atoms with Crippen LogP contribution in [0, 0.1) is 0 Å². The Morgan fingerprint density at radius 1 is 1.32 bits per heavy atom. The number of nitrogen functional groups attached to an aromatic ring is 1. The van der Waals surface area contributed by atoms with Gasteiger partial charge in [-0.1, -0.05) is 0 Å². The summed E-state index contributed by atoms with van der Waals surface area (Å²) in [6.45, 7) is 1.70. The summed E-state index contributed by atoms with van der Waals surface area (Å²) in [5.41, 5.74) is 6.18. The largest absolute Gasteiger partial charge is 0.493 e. The first-order chi connectivity index (χ1) is 9.02. The minimum absolute atomic E-state index is 0.0751. The number of esters is 1. The summed E-state index contributed by atoms with van der Waals surface area (Å²) in [6, 6.07) is 6.85. The molecule has 1 aromatic carbocycles. The highest BCUT2D eigenvalue weighted by molar-refractivity contribution is 5.83. The lowest BCUT2D eigenvalue weighted by Crippen LogP contribution is -2.33. The van der Waals surface area contributed by atoms with Crippen LogP contribution in [0.3, 0.4) is 0 Å². The summed E-state index contributed by atoms with van der Waals surface area (Å²) in [5, 5.41) is 2.40. The SMILES string of the molecule is CNC(=O)C(C)OC(=O)CCOc1ccc(N)cc1. The zero-order valence-electron chi connectivity index (χ0n) is 11.0. The van der Waals surface area contributed by atoms with Crippen molar-refractivity contribution in [1.82, 2.24) is 5.32 Å². The van der Waals surface area contributed by atoms with E-state index in [1.165, 1.54) is 14.0 Å². The van der Waals surface area contributed by atoms with Gasteiger partial charge in [-0.15, -0.1) is 0 Å². The average molecular weight is 266 g/mol. The fourth-order valence-corrected chi connectivity index (χ4v) is 1.33. The molecule has 1 atom stereocenters. The molecule has 6 nitrogen and oxygen atoms in total. The molecule has 0 heterocycles. The van der Waals surface area contributed by atoms with E-state index in [0.29, 0.717) is 11.4 Å². The molecular weight excluding hydrogens is 248 g/mol. The minimum Gasteiger partial charge on any atom is -0.493 e. The Balaban J connectivity index is 2.27. The van der Waals surface area contributed by atoms with Crippen LogP contribution in [0.15, 0.2) is 24.3 Å². The van der Waals surface area contributed by atoms with E-state index < -0.39 is 12.1 Å². The summed E-state index contributed by atoms with van der Waals surface area (Å²) >= 11 is 0. The first kappa shape index (κ1) is 14.8. The molecule has 1 rings (SSSR count). The van der Waals surface area contributed by atoms with Gasteiger partial charge in [0.2, 0.25) is 0 Å². The van der Waals surface area contributed by atoms with Gasteiger partial charge in [0.15, 0.2) is 6.10 Å². The molecule has 0 aliphatic rings. The Morgan fingerprint density at radius 2 is 1.95 bits per heavy atom. The molecule has 0 radical (unpaired) electrons. The van der Waals surface area contributed by atoms with Gasteiger partial charge in [0.25, 0.3) is 5.91 Å². The van der Waals surface area contributed by atoms with E-state index >= 15 is 0 Å². The molecule has 1 amide bonds. The van der Waals surface area contributed by atoms with Crippen molar-refractivity contribution in [2.45, 2.75) is 19.4 Å². The maximum absolute atomic E-state index is 11.4. The lowest BCUT2D eigenvalue weighted by atomic mass is 10.3. The quantitative estimate of drug-likeness (QED) is 0.584. The van der Waals surface area contributed by atoms with Gasteiger partial charge in [-0.2, -0.15) is 0 Å². The first-order valence-electron chi connectivity index (χ1n) is 5.92. The molecule has 0 spiro atoms. The van der Waals surface area contributed by atoms with Gasteiger partial charge in [0, 0.05) is 12.7 Å². The third-order valence-electron chi connectivity index (χ3n) is 2.38. The highest BCUT2D eigenvalue weighted by Crippen LogP contribution is 2.13. The number of anilines is 1. The van der Waals surface area contributed by atoms with Gasteiger partial charge in [-0.25, -0.2) is 0 Å². The summed E-state index contributed by atoms with van der Waals surface area (Å²) in [4.78, 5) is 22.6. The van der Waals surface area contributed by atoms with Gasteiger partial charge >= 0.3 is 5.97 Å². The van der Waals surface area contributed by atoms with Gasteiger partial charge in [0.05, 0.1) is 13.0 Å². The van der Waals surface area contributed by atoms with Crippen LogP contribution in [0.5, 0.6) is 5.75 Å².